The van der Waals surface area contributed by atoms with E-state index in [9.17, 15) is 0 Å². The first-order valence-corrected chi connectivity index (χ1v) is 7.74. The summed E-state index contributed by atoms with van der Waals surface area (Å²) in [5.74, 6) is 0. The molecule has 0 radical (unpaired) electrons. The molecule has 4 heteroatoms. The van der Waals surface area contributed by atoms with Crippen LogP contribution in [0.5, 0.6) is 0 Å². The van der Waals surface area contributed by atoms with Crippen LogP contribution in [0.3, 0.4) is 0 Å². The van der Waals surface area contributed by atoms with Gasteiger partial charge in [-0.1, -0.05) is 6.92 Å². The van der Waals surface area contributed by atoms with Gasteiger partial charge in [0, 0.05) is 39.6 Å². The number of thiophene rings is 1. The zero-order valence-electron chi connectivity index (χ0n) is 10.6. The Morgan fingerprint density at radius 1 is 1.50 bits per heavy atom. The van der Waals surface area contributed by atoms with E-state index in [2.05, 4.69) is 57.6 Å². The lowest BCUT2D eigenvalue weighted by Crippen LogP contribution is -2.23. The summed E-state index contributed by atoms with van der Waals surface area (Å²) in [4.78, 5) is 5.56. The zero-order valence-corrected chi connectivity index (χ0v) is 13.0. The molecule has 96 valence electrons. The summed E-state index contributed by atoms with van der Waals surface area (Å²) in [6.07, 6.45) is 4.83. The van der Waals surface area contributed by atoms with Crippen LogP contribution >= 0.6 is 27.3 Å². The van der Waals surface area contributed by atoms with Crippen LogP contribution in [0.25, 0.3) is 0 Å². The van der Waals surface area contributed by atoms with E-state index in [1.54, 1.807) is 11.3 Å². The van der Waals surface area contributed by atoms with Gasteiger partial charge < -0.3 is 5.32 Å². The topological polar surface area (TPSA) is 24.9 Å². The Labute approximate surface area is 121 Å². The van der Waals surface area contributed by atoms with Gasteiger partial charge in [-0.05, 0) is 52.7 Å². The molecule has 2 rings (SSSR count). The molecule has 1 unspecified atom stereocenters. The molecular formula is C14H17BrN2S. The van der Waals surface area contributed by atoms with E-state index >= 15 is 0 Å². The van der Waals surface area contributed by atoms with Crippen molar-refractivity contribution >= 4 is 27.3 Å². The molecule has 0 bridgehead atoms. The molecule has 0 aromatic carbocycles. The van der Waals surface area contributed by atoms with E-state index < -0.39 is 0 Å². The predicted octanol–water partition coefficient (Wildman–Crippen LogP) is 4.11. The van der Waals surface area contributed by atoms with Crippen LogP contribution in [0.2, 0.25) is 0 Å². The van der Waals surface area contributed by atoms with E-state index in [0.29, 0.717) is 6.04 Å². The number of rotatable bonds is 5. The van der Waals surface area contributed by atoms with Gasteiger partial charge >= 0.3 is 0 Å². The first-order valence-electron chi connectivity index (χ1n) is 6.07. The van der Waals surface area contributed by atoms with Gasteiger partial charge in [-0.25, -0.2) is 0 Å². The van der Waals surface area contributed by atoms with E-state index in [1.165, 1.54) is 20.5 Å². The first-order chi connectivity index (χ1) is 8.70. The third-order valence-corrected chi connectivity index (χ3v) is 4.64. The number of hydrogen-bond acceptors (Lipinski definition) is 3. The van der Waals surface area contributed by atoms with Crippen LogP contribution < -0.4 is 5.32 Å². The van der Waals surface area contributed by atoms with E-state index in [-0.39, 0.29) is 0 Å². The number of nitrogens with one attached hydrogen (secondary N) is 1. The Kier molecular flexibility index (Phi) is 4.92. The molecular weight excluding hydrogens is 308 g/mol. The molecule has 2 aromatic rings. The highest BCUT2D eigenvalue weighted by Crippen LogP contribution is 2.26. The minimum Gasteiger partial charge on any atom is -0.310 e. The summed E-state index contributed by atoms with van der Waals surface area (Å²) in [5, 5.41) is 5.70. The smallest absolute Gasteiger partial charge is 0.0372 e. The van der Waals surface area contributed by atoms with Crippen LogP contribution in [0, 0.1) is 6.92 Å². The predicted molar refractivity (Wildman–Crippen MR) is 81.1 cm³/mol. The van der Waals surface area contributed by atoms with Gasteiger partial charge in [-0.15, -0.1) is 11.3 Å². The Balaban J connectivity index is 2.20. The van der Waals surface area contributed by atoms with Gasteiger partial charge in [-0.3, -0.25) is 4.98 Å². The van der Waals surface area contributed by atoms with Crippen molar-refractivity contribution in [3.05, 3.63) is 50.4 Å². The van der Waals surface area contributed by atoms with Crippen LogP contribution in [-0.4, -0.2) is 11.5 Å². The molecule has 18 heavy (non-hydrogen) atoms. The fraction of sp³-hybridized carbons (Fsp3) is 0.357. The summed E-state index contributed by atoms with van der Waals surface area (Å²) in [6.45, 7) is 5.24. The third-order valence-electron chi connectivity index (χ3n) is 2.92. The second kappa shape index (κ2) is 6.45. The lowest BCUT2D eigenvalue weighted by molar-refractivity contribution is 0.550. The van der Waals surface area contributed by atoms with Crippen molar-refractivity contribution in [2.24, 2.45) is 0 Å². The Morgan fingerprint density at radius 3 is 2.94 bits per heavy atom. The molecule has 0 aliphatic rings. The molecule has 1 atom stereocenters. The lowest BCUT2D eigenvalue weighted by Gasteiger charge is -2.19. The quantitative estimate of drug-likeness (QED) is 0.895. The van der Waals surface area contributed by atoms with E-state index in [4.69, 9.17) is 0 Å². The third kappa shape index (κ3) is 3.40. The monoisotopic (exact) mass is 324 g/mol. The highest BCUT2D eigenvalue weighted by atomic mass is 79.9. The summed E-state index contributed by atoms with van der Waals surface area (Å²) in [5.41, 5.74) is 2.59. The van der Waals surface area contributed by atoms with Gasteiger partial charge in [-0.2, -0.15) is 0 Å². The number of likely N-dealkylation sites (N-methyl/N-ethyl adjacent to an activating group) is 1. The largest absolute Gasteiger partial charge is 0.310 e. The summed E-state index contributed by atoms with van der Waals surface area (Å²) < 4.78 is 1.17. The number of nitrogens with zero attached hydrogens (tertiary/aromatic N) is 1. The molecule has 0 saturated heterocycles. The fourth-order valence-corrected chi connectivity index (χ4v) is 3.57. The maximum absolute atomic E-state index is 4.17. The van der Waals surface area contributed by atoms with Gasteiger partial charge in [0.1, 0.15) is 0 Å². The number of aromatic nitrogens is 1. The number of halogens is 1. The maximum Gasteiger partial charge on any atom is 0.0372 e. The molecule has 0 saturated carbocycles. The Morgan fingerprint density at radius 2 is 2.33 bits per heavy atom. The molecule has 0 fully saturated rings. The van der Waals surface area contributed by atoms with Crippen LogP contribution in [-0.2, 0) is 6.42 Å². The first kappa shape index (κ1) is 13.7. The molecule has 0 spiro atoms. The number of hydrogen-bond donors (Lipinski definition) is 1. The van der Waals surface area contributed by atoms with E-state index in [1.807, 2.05) is 12.4 Å². The maximum atomic E-state index is 4.17. The van der Waals surface area contributed by atoms with Gasteiger partial charge in [0.2, 0.25) is 0 Å². The van der Waals surface area contributed by atoms with Crippen molar-refractivity contribution in [3.63, 3.8) is 0 Å². The van der Waals surface area contributed by atoms with Gasteiger partial charge in [0.15, 0.2) is 0 Å². The lowest BCUT2D eigenvalue weighted by atomic mass is 10.00. The molecule has 0 aliphatic heterocycles. The summed E-state index contributed by atoms with van der Waals surface area (Å²) >= 11 is 5.31. The van der Waals surface area contributed by atoms with Crippen molar-refractivity contribution in [3.8, 4) is 0 Å². The van der Waals surface area contributed by atoms with Crippen LogP contribution in [0.15, 0.2) is 34.4 Å². The van der Waals surface area contributed by atoms with Crippen molar-refractivity contribution in [2.45, 2.75) is 26.3 Å². The standard InChI is InChI=1S/C14H17BrN2S/c1-3-17-14(7-12-6-11(15)9-18-12)13-4-5-16-8-10(13)2/h4-6,8-9,14,17H,3,7H2,1-2H3. The summed E-state index contributed by atoms with van der Waals surface area (Å²) in [6, 6.07) is 4.68. The molecule has 0 amide bonds. The summed E-state index contributed by atoms with van der Waals surface area (Å²) in [7, 11) is 0. The highest BCUT2D eigenvalue weighted by Gasteiger charge is 2.14. The second-order valence-corrected chi connectivity index (χ2v) is 6.19. The van der Waals surface area contributed by atoms with Crippen molar-refractivity contribution < 1.29 is 0 Å². The molecule has 0 aliphatic carbocycles. The average Bonchev–Trinajstić information content (AvgIpc) is 2.75. The minimum absolute atomic E-state index is 0.364. The van der Waals surface area contributed by atoms with Crippen molar-refractivity contribution in [1.29, 1.82) is 0 Å². The van der Waals surface area contributed by atoms with E-state index in [0.717, 1.165) is 13.0 Å². The minimum atomic E-state index is 0.364. The Bertz CT molecular complexity index is 510. The van der Waals surface area contributed by atoms with Crippen LogP contribution in [0.4, 0.5) is 0 Å². The van der Waals surface area contributed by atoms with Crippen molar-refractivity contribution in [2.75, 3.05) is 6.54 Å². The SMILES string of the molecule is CCNC(Cc1cc(Br)cs1)c1ccncc1C. The molecule has 1 N–H and O–H groups in total. The molecule has 2 nitrogen and oxygen atoms in total. The molecule has 2 heterocycles. The Hall–Kier alpha value is -0.710. The van der Waals surface area contributed by atoms with Gasteiger partial charge in [0.25, 0.3) is 0 Å². The van der Waals surface area contributed by atoms with Crippen molar-refractivity contribution in [1.82, 2.24) is 10.3 Å². The number of pyridine rings is 1. The zero-order chi connectivity index (χ0) is 13.0. The van der Waals surface area contributed by atoms with Gasteiger partial charge in [0.05, 0.1) is 0 Å². The molecule has 2 aromatic heterocycles. The second-order valence-electron chi connectivity index (χ2n) is 4.28. The highest BCUT2D eigenvalue weighted by molar-refractivity contribution is 9.10. The normalized spacial score (nSPS) is 12.6. The van der Waals surface area contributed by atoms with Crippen LogP contribution in [0.1, 0.15) is 29.0 Å². The fourth-order valence-electron chi connectivity index (χ4n) is 2.08. The average molecular weight is 325 g/mol. The number of aryl methyl sites for hydroxylation is 1.